The highest BCUT2D eigenvalue weighted by atomic mass is 35.5. The summed E-state index contributed by atoms with van der Waals surface area (Å²) in [6, 6.07) is 6.68. The van der Waals surface area contributed by atoms with Gasteiger partial charge in [-0.2, -0.15) is 0 Å². The van der Waals surface area contributed by atoms with Crippen molar-refractivity contribution in [2.75, 3.05) is 11.9 Å². The number of nitrogens with zero attached hydrogens (tertiary/aromatic N) is 2. The number of rotatable bonds is 3. The van der Waals surface area contributed by atoms with Gasteiger partial charge in [0.15, 0.2) is 5.11 Å². The normalized spacial score (nSPS) is 16.6. The lowest BCUT2D eigenvalue weighted by Gasteiger charge is -2.37. The van der Waals surface area contributed by atoms with Crippen LogP contribution >= 0.6 is 35.2 Å². The minimum Gasteiger partial charge on any atom is -0.342 e. The van der Waals surface area contributed by atoms with Gasteiger partial charge in [0.2, 0.25) is 0 Å². The molecule has 1 atom stereocenters. The fourth-order valence-electron chi connectivity index (χ4n) is 2.99. The van der Waals surface area contributed by atoms with Gasteiger partial charge in [-0.25, -0.2) is 0 Å². The molecule has 0 unspecified atom stereocenters. The zero-order valence-electron chi connectivity index (χ0n) is 13.0. The van der Waals surface area contributed by atoms with E-state index < -0.39 is 4.92 Å². The van der Waals surface area contributed by atoms with Crippen LogP contribution in [0.25, 0.3) is 0 Å². The zero-order valence-corrected chi connectivity index (χ0v) is 15.4. The van der Waals surface area contributed by atoms with E-state index in [0.29, 0.717) is 15.8 Å². The van der Waals surface area contributed by atoms with Crippen LogP contribution in [0.2, 0.25) is 5.02 Å². The van der Waals surface area contributed by atoms with E-state index in [2.05, 4.69) is 28.6 Å². The van der Waals surface area contributed by atoms with E-state index in [9.17, 15) is 10.1 Å². The Balaban J connectivity index is 1.83. The summed E-state index contributed by atoms with van der Waals surface area (Å²) in [5, 5.41) is 17.1. The Morgan fingerprint density at radius 1 is 1.54 bits per heavy atom. The van der Waals surface area contributed by atoms with Crippen molar-refractivity contribution in [2.24, 2.45) is 0 Å². The van der Waals surface area contributed by atoms with Crippen molar-refractivity contribution < 1.29 is 4.92 Å². The van der Waals surface area contributed by atoms with Crippen molar-refractivity contribution in [1.82, 2.24) is 4.90 Å². The van der Waals surface area contributed by atoms with Gasteiger partial charge in [-0.3, -0.25) is 10.1 Å². The van der Waals surface area contributed by atoms with Gasteiger partial charge in [-0.05, 0) is 48.1 Å². The molecule has 0 spiro atoms. The Kier molecular flexibility index (Phi) is 5.03. The van der Waals surface area contributed by atoms with E-state index in [-0.39, 0.29) is 11.7 Å². The van der Waals surface area contributed by atoms with Crippen LogP contribution in [0, 0.1) is 10.1 Å². The molecular weight excluding hydrogens is 366 g/mol. The smallest absolute Gasteiger partial charge is 0.271 e. The van der Waals surface area contributed by atoms with Crippen molar-refractivity contribution in [3.63, 3.8) is 0 Å². The fourth-order valence-corrected chi connectivity index (χ4v) is 4.41. The summed E-state index contributed by atoms with van der Waals surface area (Å²) >= 11 is 13.5. The molecule has 0 aliphatic carbocycles. The molecule has 0 saturated heterocycles. The number of thiocarbonyl (C=S) groups is 1. The quantitative estimate of drug-likeness (QED) is 0.459. The lowest BCUT2D eigenvalue weighted by molar-refractivity contribution is -0.384. The maximum Gasteiger partial charge on any atom is 0.271 e. The molecule has 126 valence electrons. The van der Waals surface area contributed by atoms with Crippen LogP contribution in [0.1, 0.15) is 29.8 Å². The predicted octanol–water partition coefficient (Wildman–Crippen LogP) is 5.02. The van der Waals surface area contributed by atoms with Crippen LogP contribution < -0.4 is 5.32 Å². The Morgan fingerprint density at radius 3 is 3.04 bits per heavy atom. The first kappa shape index (κ1) is 17.1. The Bertz CT molecular complexity index is 793. The van der Waals surface area contributed by atoms with Gasteiger partial charge in [0.05, 0.1) is 21.7 Å². The summed E-state index contributed by atoms with van der Waals surface area (Å²) in [6.45, 7) is 2.96. The van der Waals surface area contributed by atoms with Gasteiger partial charge in [0, 0.05) is 23.6 Å². The number of hydrogen-bond acceptors (Lipinski definition) is 4. The Hall–Kier alpha value is -1.70. The van der Waals surface area contributed by atoms with Crippen molar-refractivity contribution in [1.29, 1.82) is 0 Å². The SMILES string of the molecule is CC[C@H]1c2ccsc2CCN1C(=S)Nc1cc([N+](=O)[O-])ccc1Cl. The van der Waals surface area contributed by atoms with Crippen molar-refractivity contribution in [3.8, 4) is 0 Å². The highest BCUT2D eigenvalue weighted by molar-refractivity contribution is 7.80. The zero-order chi connectivity index (χ0) is 17.3. The van der Waals surface area contributed by atoms with E-state index in [1.54, 1.807) is 11.3 Å². The number of nitrogens with one attached hydrogen (secondary N) is 1. The molecular formula is C16H16ClN3O2S2. The van der Waals surface area contributed by atoms with E-state index in [1.807, 2.05) is 0 Å². The number of anilines is 1. The van der Waals surface area contributed by atoms with Crippen LogP contribution in [0.4, 0.5) is 11.4 Å². The molecule has 1 aromatic heterocycles. The van der Waals surface area contributed by atoms with Crippen LogP contribution in [0.3, 0.4) is 0 Å². The van der Waals surface area contributed by atoms with Crippen LogP contribution in [-0.4, -0.2) is 21.5 Å². The van der Waals surface area contributed by atoms with E-state index in [1.165, 1.54) is 28.6 Å². The van der Waals surface area contributed by atoms with E-state index >= 15 is 0 Å². The highest BCUT2D eigenvalue weighted by Gasteiger charge is 2.28. The van der Waals surface area contributed by atoms with Gasteiger partial charge < -0.3 is 10.2 Å². The molecule has 0 amide bonds. The molecule has 0 bridgehead atoms. The first-order valence-electron chi connectivity index (χ1n) is 7.59. The molecule has 0 radical (unpaired) electrons. The summed E-state index contributed by atoms with van der Waals surface area (Å²) in [5.74, 6) is 0. The molecule has 5 nitrogen and oxygen atoms in total. The standard InChI is InChI=1S/C16H16ClN3O2S2/c1-2-14-11-6-8-24-15(11)5-7-19(14)16(23)18-13-9-10(20(21)22)3-4-12(13)17/h3-4,6,8-9,14H,2,5,7H2,1H3,(H,18,23)/t14-/m0/s1. The summed E-state index contributed by atoms with van der Waals surface area (Å²) in [6.07, 6.45) is 1.89. The second-order valence-corrected chi connectivity index (χ2v) is 7.31. The van der Waals surface area contributed by atoms with E-state index in [0.717, 1.165) is 19.4 Å². The molecule has 1 N–H and O–H groups in total. The number of hydrogen-bond donors (Lipinski definition) is 1. The third-order valence-corrected chi connectivity index (χ3v) is 5.81. The summed E-state index contributed by atoms with van der Waals surface area (Å²) in [7, 11) is 0. The number of nitro groups is 1. The average molecular weight is 382 g/mol. The van der Waals surface area contributed by atoms with E-state index in [4.69, 9.17) is 23.8 Å². The van der Waals surface area contributed by atoms with Crippen LogP contribution in [-0.2, 0) is 6.42 Å². The second-order valence-electron chi connectivity index (χ2n) is 5.52. The van der Waals surface area contributed by atoms with Gasteiger partial charge in [-0.1, -0.05) is 18.5 Å². The largest absolute Gasteiger partial charge is 0.342 e. The van der Waals surface area contributed by atoms with Gasteiger partial charge in [0.25, 0.3) is 5.69 Å². The molecule has 1 aromatic carbocycles. The molecule has 1 aliphatic rings. The molecule has 2 heterocycles. The number of nitro benzene ring substituents is 1. The number of fused-ring (bicyclic) bond motifs is 1. The third-order valence-electron chi connectivity index (χ3n) is 4.14. The first-order chi connectivity index (χ1) is 11.5. The number of benzene rings is 1. The fraction of sp³-hybridized carbons (Fsp3) is 0.312. The lowest BCUT2D eigenvalue weighted by Crippen LogP contribution is -2.41. The summed E-state index contributed by atoms with van der Waals surface area (Å²) < 4.78 is 0. The predicted molar refractivity (Wildman–Crippen MR) is 102 cm³/mol. The number of halogens is 1. The summed E-state index contributed by atoms with van der Waals surface area (Å²) in [4.78, 5) is 14.1. The minimum absolute atomic E-state index is 0.0180. The highest BCUT2D eigenvalue weighted by Crippen LogP contribution is 2.36. The molecule has 8 heteroatoms. The van der Waals surface area contributed by atoms with Crippen molar-refractivity contribution >= 4 is 51.6 Å². The maximum atomic E-state index is 11.0. The third kappa shape index (κ3) is 3.24. The Labute approximate surface area is 154 Å². The number of non-ortho nitro benzene ring substituents is 1. The monoisotopic (exact) mass is 381 g/mol. The second kappa shape index (κ2) is 7.04. The minimum atomic E-state index is -0.446. The summed E-state index contributed by atoms with van der Waals surface area (Å²) in [5.41, 5.74) is 1.76. The lowest BCUT2D eigenvalue weighted by atomic mass is 9.98. The first-order valence-corrected chi connectivity index (χ1v) is 9.25. The van der Waals surface area contributed by atoms with Gasteiger partial charge >= 0.3 is 0 Å². The molecule has 0 fully saturated rings. The topological polar surface area (TPSA) is 58.4 Å². The molecule has 2 aromatic rings. The van der Waals surface area contributed by atoms with Gasteiger partial charge in [-0.15, -0.1) is 11.3 Å². The Morgan fingerprint density at radius 2 is 2.33 bits per heavy atom. The molecule has 1 aliphatic heterocycles. The molecule has 24 heavy (non-hydrogen) atoms. The number of thiophene rings is 1. The van der Waals surface area contributed by atoms with Crippen molar-refractivity contribution in [3.05, 3.63) is 55.2 Å². The van der Waals surface area contributed by atoms with Crippen molar-refractivity contribution in [2.45, 2.75) is 25.8 Å². The van der Waals surface area contributed by atoms with Crippen LogP contribution in [0.15, 0.2) is 29.6 Å². The van der Waals surface area contributed by atoms with Gasteiger partial charge in [0.1, 0.15) is 0 Å². The average Bonchev–Trinajstić information content (AvgIpc) is 3.04. The molecule has 0 saturated carbocycles. The molecule has 3 rings (SSSR count). The maximum absolute atomic E-state index is 11.0. The van der Waals surface area contributed by atoms with Crippen LogP contribution in [0.5, 0.6) is 0 Å².